The first kappa shape index (κ1) is 17.1. The Morgan fingerprint density at radius 2 is 2.16 bits per heavy atom. The van der Waals surface area contributed by atoms with Crippen LogP contribution in [-0.2, 0) is 4.79 Å². The zero-order chi connectivity index (χ0) is 18.0. The van der Waals surface area contributed by atoms with E-state index in [0.29, 0.717) is 29.1 Å². The van der Waals surface area contributed by atoms with Gasteiger partial charge in [-0.3, -0.25) is 19.7 Å². The second-order valence-electron chi connectivity index (χ2n) is 5.88. The largest absolute Gasteiger partial charge is 0.326 e. The fourth-order valence-electron chi connectivity index (χ4n) is 2.93. The van der Waals surface area contributed by atoms with Crippen LogP contribution in [0.4, 0.5) is 11.4 Å². The summed E-state index contributed by atoms with van der Waals surface area (Å²) >= 11 is 1.34. The third-order valence-corrected chi connectivity index (χ3v) is 5.08. The number of nitrogens with one attached hydrogen (secondary N) is 1. The summed E-state index contributed by atoms with van der Waals surface area (Å²) in [6, 6.07) is 7.54. The molecule has 1 atom stereocenters. The van der Waals surface area contributed by atoms with Gasteiger partial charge in [0.25, 0.3) is 11.6 Å². The number of nitro groups is 1. The number of anilines is 1. The van der Waals surface area contributed by atoms with Crippen molar-refractivity contribution >= 4 is 34.5 Å². The molecule has 2 aromatic rings. The van der Waals surface area contributed by atoms with Crippen molar-refractivity contribution < 1.29 is 14.5 Å². The summed E-state index contributed by atoms with van der Waals surface area (Å²) in [4.78, 5) is 37.9. The number of nitrogens with zero attached hydrogens (tertiary/aromatic N) is 2. The molecule has 130 valence electrons. The number of thiophene rings is 1. The van der Waals surface area contributed by atoms with Gasteiger partial charge in [0, 0.05) is 23.9 Å². The maximum atomic E-state index is 12.6. The number of hydrogen-bond acceptors (Lipinski definition) is 5. The second kappa shape index (κ2) is 7.02. The SMILES string of the molecule is Cc1ccc(NC(=O)C2CCCN2C(=O)c2cccs2)cc1[N+](=O)[O-]. The Bertz CT molecular complexity index is 819. The van der Waals surface area contributed by atoms with Crippen LogP contribution in [0.1, 0.15) is 28.1 Å². The average Bonchev–Trinajstić information content (AvgIpc) is 3.27. The molecule has 0 spiro atoms. The molecule has 3 rings (SSSR count). The quantitative estimate of drug-likeness (QED) is 0.670. The monoisotopic (exact) mass is 359 g/mol. The van der Waals surface area contributed by atoms with Gasteiger partial charge in [0.1, 0.15) is 6.04 Å². The third-order valence-electron chi connectivity index (χ3n) is 4.22. The molecule has 1 unspecified atom stereocenters. The minimum absolute atomic E-state index is 0.0456. The van der Waals surface area contributed by atoms with Gasteiger partial charge in [-0.25, -0.2) is 0 Å². The van der Waals surface area contributed by atoms with E-state index >= 15 is 0 Å². The van der Waals surface area contributed by atoms with E-state index in [9.17, 15) is 19.7 Å². The van der Waals surface area contributed by atoms with Crippen molar-refractivity contribution in [1.29, 1.82) is 0 Å². The lowest BCUT2D eigenvalue weighted by molar-refractivity contribution is -0.385. The van der Waals surface area contributed by atoms with Crippen molar-refractivity contribution in [2.75, 3.05) is 11.9 Å². The van der Waals surface area contributed by atoms with Crippen molar-refractivity contribution in [1.82, 2.24) is 4.90 Å². The highest BCUT2D eigenvalue weighted by Crippen LogP contribution is 2.25. The van der Waals surface area contributed by atoms with Crippen LogP contribution in [0, 0.1) is 17.0 Å². The Balaban J connectivity index is 1.75. The van der Waals surface area contributed by atoms with Crippen molar-refractivity contribution in [3.8, 4) is 0 Å². The lowest BCUT2D eigenvalue weighted by Gasteiger charge is -2.23. The van der Waals surface area contributed by atoms with Gasteiger partial charge in [-0.15, -0.1) is 11.3 Å². The Kier molecular flexibility index (Phi) is 4.80. The maximum Gasteiger partial charge on any atom is 0.274 e. The number of likely N-dealkylation sites (tertiary alicyclic amines) is 1. The highest BCUT2D eigenvalue weighted by Gasteiger charge is 2.35. The number of hydrogen-bond donors (Lipinski definition) is 1. The Labute approximate surface area is 148 Å². The summed E-state index contributed by atoms with van der Waals surface area (Å²) < 4.78 is 0. The van der Waals surface area contributed by atoms with E-state index < -0.39 is 11.0 Å². The normalized spacial score (nSPS) is 16.7. The first-order valence-electron chi connectivity index (χ1n) is 7.88. The molecule has 1 aliphatic heterocycles. The van der Waals surface area contributed by atoms with E-state index in [2.05, 4.69) is 5.32 Å². The number of carbonyl (C=O) groups is 2. The predicted molar refractivity (Wildman–Crippen MR) is 94.8 cm³/mol. The molecule has 25 heavy (non-hydrogen) atoms. The zero-order valence-corrected chi connectivity index (χ0v) is 14.4. The number of carbonyl (C=O) groups excluding carboxylic acids is 2. The highest BCUT2D eigenvalue weighted by molar-refractivity contribution is 7.12. The van der Waals surface area contributed by atoms with Crippen LogP contribution in [-0.4, -0.2) is 34.2 Å². The minimum atomic E-state index is -0.560. The number of nitro benzene ring substituents is 1. The van der Waals surface area contributed by atoms with Gasteiger partial charge in [0.2, 0.25) is 5.91 Å². The maximum absolute atomic E-state index is 12.6. The van der Waals surface area contributed by atoms with Crippen LogP contribution in [0.15, 0.2) is 35.7 Å². The molecule has 1 aliphatic rings. The van der Waals surface area contributed by atoms with Crippen molar-refractivity contribution in [2.45, 2.75) is 25.8 Å². The highest BCUT2D eigenvalue weighted by atomic mass is 32.1. The fourth-order valence-corrected chi connectivity index (χ4v) is 3.61. The lowest BCUT2D eigenvalue weighted by atomic mass is 10.1. The molecule has 1 fully saturated rings. The molecule has 0 saturated carbocycles. The molecule has 8 heteroatoms. The lowest BCUT2D eigenvalue weighted by Crippen LogP contribution is -2.42. The molecule has 1 aromatic carbocycles. The molecule has 1 saturated heterocycles. The standard InChI is InChI=1S/C17H17N3O4S/c1-11-6-7-12(10-14(11)20(23)24)18-16(21)13-4-2-8-19(13)17(22)15-5-3-9-25-15/h3,5-7,9-10,13H,2,4,8H2,1H3,(H,18,21). The van der Waals surface area contributed by atoms with Crippen LogP contribution in [0.3, 0.4) is 0 Å². The molecule has 7 nitrogen and oxygen atoms in total. The smallest absolute Gasteiger partial charge is 0.274 e. The second-order valence-corrected chi connectivity index (χ2v) is 6.83. The molecular formula is C17H17N3O4S. The Morgan fingerprint density at radius 3 is 2.84 bits per heavy atom. The van der Waals surface area contributed by atoms with E-state index in [-0.39, 0.29) is 17.5 Å². The number of rotatable bonds is 4. The van der Waals surface area contributed by atoms with Crippen molar-refractivity contribution in [3.05, 3.63) is 56.3 Å². The van der Waals surface area contributed by atoms with Crippen LogP contribution in [0.5, 0.6) is 0 Å². The van der Waals surface area contributed by atoms with Crippen molar-refractivity contribution in [2.24, 2.45) is 0 Å². The third kappa shape index (κ3) is 3.53. The van der Waals surface area contributed by atoms with Gasteiger partial charge >= 0.3 is 0 Å². The van der Waals surface area contributed by atoms with Crippen LogP contribution in [0.2, 0.25) is 0 Å². The molecule has 2 amide bonds. The molecule has 0 radical (unpaired) electrons. The Hall–Kier alpha value is -2.74. The van der Waals surface area contributed by atoms with Crippen LogP contribution < -0.4 is 5.32 Å². The molecule has 2 heterocycles. The molecule has 0 bridgehead atoms. The summed E-state index contributed by atoms with van der Waals surface area (Å²) in [5, 5.41) is 15.6. The van der Waals surface area contributed by atoms with E-state index in [4.69, 9.17) is 0 Å². The van der Waals surface area contributed by atoms with E-state index in [1.807, 2.05) is 5.38 Å². The van der Waals surface area contributed by atoms with Crippen LogP contribution in [0.25, 0.3) is 0 Å². The summed E-state index contributed by atoms with van der Waals surface area (Å²) in [6.45, 7) is 2.17. The average molecular weight is 359 g/mol. The Morgan fingerprint density at radius 1 is 1.36 bits per heavy atom. The first-order valence-corrected chi connectivity index (χ1v) is 8.75. The topological polar surface area (TPSA) is 92.6 Å². The van der Waals surface area contributed by atoms with Crippen molar-refractivity contribution in [3.63, 3.8) is 0 Å². The molecular weight excluding hydrogens is 342 g/mol. The summed E-state index contributed by atoms with van der Waals surface area (Å²) in [5.74, 6) is -0.469. The number of amides is 2. The van der Waals surface area contributed by atoms with Gasteiger partial charge < -0.3 is 10.2 Å². The van der Waals surface area contributed by atoms with Crippen LogP contribution >= 0.6 is 11.3 Å². The predicted octanol–water partition coefficient (Wildman–Crippen LogP) is 3.21. The fraction of sp³-hybridized carbons (Fsp3) is 0.294. The first-order chi connectivity index (χ1) is 12.0. The zero-order valence-electron chi connectivity index (χ0n) is 13.6. The summed E-state index contributed by atoms with van der Waals surface area (Å²) in [6.07, 6.45) is 1.33. The summed E-state index contributed by atoms with van der Waals surface area (Å²) in [5.41, 5.74) is 0.840. The minimum Gasteiger partial charge on any atom is -0.326 e. The summed E-state index contributed by atoms with van der Waals surface area (Å²) in [7, 11) is 0. The van der Waals surface area contributed by atoms with Gasteiger partial charge in [0.15, 0.2) is 0 Å². The van der Waals surface area contributed by atoms with E-state index in [0.717, 1.165) is 6.42 Å². The molecule has 1 N–H and O–H groups in total. The van der Waals surface area contributed by atoms with E-state index in [1.54, 1.807) is 36.1 Å². The van der Waals surface area contributed by atoms with Gasteiger partial charge in [-0.05, 0) is 37.3 Å². The molecule has 0 aliphatic carbocycles. The van der Waals surface area contributed by atoms with Gasteiger partial charge in [-0.2, -0.15) is 0 Å². The van der Waals surface area contributed by atoms with Gasteiger partial charge in [0.05, 0.1) is 9.80 Å². The van der Waals surface area contributed by atoms with E-state index in [1.165, 1.54) is 17.4 Å². The number of benzene rings is 1. The van der Waals surface area contributed by atoms with Gasteiger partial charge in [-0.1, -0.05) is 12.1 Å². The molecule has 1 aromatic heterocycles. The number of aryl methyl sites for hydroxylation is 1.